The first-order valence-corrected chi connectivity index (χ1v) is 7.13. The second kappa shape index (κ2) is 6.60. The lowest BCUT2D eigenvalue weighted by Gasteiger charge is -2.28. The lowest BCUT2D eigenvalue weighted by molar-refractivity contribution is -0.138. The summed E-state index contributed by atoms with van der Waals surface area (Å²) in [6.45, 7) is 2.68. The van der Waals surface area contributed by atoms with Crippen molar-refractivity contribution in [3.05, 3.63) is 29.8 Å². The molecule has 1 saturated carbocycles. The van der Waals surface area contributed by atoms with Gasteiger partial charge < -0.3 is 9.84 Å². The van der Waals surface area contributed by atoms with Gasteiger partial charge in [-0.3, -0.25) is 4.79 Å². The highest BCUT2D eigenvalue weighted by Crippen LogP contribution is 2.37. The fraction of sp³-hybridized carbons (Fsp3) is 0.562. The molecule has 0 aliphatic heterocycles. The molecule has 1 aromatic rings. The van der Waals surface area contributed by atoms with Crippen LogP contribution in [0.15, 0.2) is 24.3 Å². The van der Waals surface area contributed by atoms with E-state index in [9.17, 15) is 4.79 Å². The number of benzene rings is 1. The Hall–Kier alpha value is -1.51. The molecular weight excluding hydrogens is 240 g/mol. The zero-order chi connectivity index (χ0) is 13.7. The molecule has 2 rings (SSSR count). The van der Waals surface area contributed by atoms with Gasteiger partial charge in [-0.15, -0.1) is 0 Å². The Morgan fingerprint density at radius 2 is 2.05 bits per heavy atom. The Kier molecular flexibility index (Phi) is 4.83. The number of hydrogen-bond donors (Lipinski definition) is 1. The van der Waals surface area contributed by atoms with Crippen LogP contribution >= 0.6 is 0 Å². The Balaban J connectivity index is 1.93. The fourth-order valence-corrected chi connectivity index (χ4v) is 2.97. The number of rotatable bonds is 5. The highest BCUT2D eigenvalue weighted by atomic mass is 16.5. The van der Waals surface area contributed by atoms with Crippen LogP contribution < -0.4 is 4.74 Å². The molecule has 0 spiro atoms. The molecular formula is C16H22O3. The van der Waals surface area contributed by atoms with E-state index < -0.39 is 5.97 Å². The predicted molar refractivity (Wildman–Crippen MR) is 74.6 cm³/mol. The molecule has 3 heteroatoms. The predicted octanol–water partition coefficient (Wildman–Crippen LogP) is 3.83. The van der Waals surface area contributed by atoms with Gasteiger partial charge in [-0.2, -0.15) is 0 Å². The summed E-state index contributed by atoms with van der Waals surface area (Å²) in [5.41, 5.74) is 1.33. The quantitative estimate of drug-likeness (QED) is 0.877. The fourth-order valence-electron chi connectivity index (χ4n) is 2.97. The van der Waals surface area contributed by atoms with Crippen molar-refractivity contribution in [1.82, 2.24) is 0 Å². The topological polar surface area (TPSA) is 46.5 Å². The normalized spacial score (nSPS) is 23.0. The summed E-state index contributed by atoms with van der Waals surface area (Å²) < 4.78 is 5.53. The van der Waals surface area contributed by atoms with Crippen molar-refractivity contribution in [2.75, 3.05) is 6.61 Å². The number of aliphatic carboxylic acids is 1. The third-order valence-electron chi connectivity index (χ3n) is 3.95. The van der Waals surface area contributed by atoms with Crippen molar-refractivity contribution in [3.8, 4) is 5.75 Å². The zero-order valence-corrected chi connectivity index (χ0v) is 11.5. The second-order valence-electron chi connectivity index (χ2n) is 5.32. The van der Waals surface area contributed by atoms with E-state index in [4.69, 9.17) is 9.84 Å². The number of ether oxygens (including phenoxy) is 1. The van der Waals surface area contributed by atoms with Gasteiger partial charge in [0.2, 0.25) is 0 Å². The zero-order valence-electron chi connectivity index (χ0n) is 11.5. The molecule has 0 aromatic heterocycles. The Morgan fingerprint density at radius 1 is 1.32 bits per heavy atom. The Bertz CT molecular complexity index is 420. The highest BCUT2D eigenvalue weighted by molar-refractivity contribution is 5.67. The van der Waals surface area contributed by atoms with Crippen LogP contribution in [0.2, 0.25) is 0 Å². The molecule has 1 aliphatic carbocycles. The van der Waals surface area contributed by atoms with Crippen LogP contribution in [-0.4, -0.2) is 17.7 Å². The van der Waals surface area contributed by atoms with Crippen LogP contribution in [0.4, 0.5) is 0 Å². The van der Waals surface area contributed by atoms with E-state index in [1.54, 1.807) is 0 Å². The van der Waals surface area contributed by atoms with Crippen LogP contribution in [0.25, 0.3) is 0 Å². The summed E-state index contributed by atoms with van der Waals surface area (Å²) in [6.07, 6.45) is 4.55. The van der Waals surface area contributed by atoms with Crippen molar-refractivity contribution in [3.63, 3.8) is 0 Å². The molecule has 1 aliphatic rings. The average Bonchev–Trinajstić information content (AvgIpc) is 2.40. The van der Waals surface area contributed by atoms with Gasteiger partial charge in [0, 0.05) is 6.42 Å². The minimum Gasteiger partial charge on any atom is -0.494 e. The third kappa shape index (κ3) is 3.98. The molecule has 1 aromatic carbocycles. The maximum absolute atomic E-state index is 10.7. The van der Waals surface area contributed by atoms with Crippen molar-refractivity contribution >= 4 is 5.97 Å². The van der Waals surface area contributed by atoms with E-state index in [1.807, 2.05) is 19.1 Å². The largest absolute Gasteiger partial charge is 0.494 e. The summed E-state index contributed by atoms with van der Waals surface area (Å²) in [4.78, 5) is 10.7. The molecule has 0 amide bonds. The van der Waals surface area contributed by atoms with Gasteiger partial charge in [0.25, 0.3) is 0 Å². The maximum Gasteiger partial charge on any atom is 0.303 e. The first-order valence-electron chi connectivity index (χ1n) is 7.13. The van der Waals surface area contributed by atoms with Gasteiger partial charge in [0.05, 0.1) is 6.61 Å². The molecule has 0 unspecified atom stereocenters. The van der Waals surface area contributed by atoms with E-state index >= 15 is 0 Å². The van der Waals surface area contributed by atoms with E-state index in [0.717, 1.165) is 31.4 Å². The molecule has 1 N–H and O–H groups in total. The minimum atomic E-state index is -0.665. The molecule has 0 bridgehead atoms. The monoisotopic (exact) mass is 262 g/mol. The molecule has 0 atom stereocenters. The smallest absolute Gasteiger partial charge is 0.303 e. The van der Waals surface area contributed by atoms with Gasteiger partial charge >= 0.3 is 5.97 Å². The standard InChI is InChI=1S/C16H22O3/c1-2-19-15-5-3-4-14(11-15)13-8-6-12(7-9-13)10-16(17)18/h3-5,11-13H,2,6-10H2,1H3,(H,17,18). The number of hydrogen-bond acceptors (Lipinski definition) is 2. The molecule has 19 heavy (non-hydrogen) atoms. The lowest BCUT2D eigenvalue weighted by atomic mass is 9.77. The van der Waals surface area contributed by atoms with Gasteiger partial charge in [0.1, 0.15) is 5.75 Å². The van der Waals surface area contributed by atoms with Gasteiger partial charge in [-0.1, -0.05) is 12.1 Å². The van der Waals surface area contributed by atoms with Gasteiger partial charge in [-0.05, 0) is 62.1 Å². The summed E-state index contributed by atoms with van der Waals surface area (Å²) in [5, 5.41) is 8.83. The summed E-state index contributed by atoms with van der Waals surface area (Å²) in [7, 11) is 0. The van der Waals surface area contributed by atoms with E-state index in [-0.39, 0.29) is 0 Å². The van der Waals surface area contributed by atoms with Crippen molar-refractivity contribution in [1.29, 1.82) is 0 Å². The van der Waals surface area contributed by atoms with E-state index in [0.29, 0.717) is 24.9 Å². The molecule has 104 valence electrons. The molecule has 3 nitrogen and oxygen atoms in total. The molecule has 0 heterocycles. The first kappa shape index (κ1) is 13.9. The average molecular weight is 262 g/mol. The second-order valence-corrected chi connectivity index (χ2v) is 5.32. The van der Waals surface area contributed by atoms with Crippen LogP contribution in [-0.2, 0) is 4.79 Å². The van der Waals surface area contributed by atoms with Crippen LogP contribution in [0.5, 0.6) is 5.75 Å². The number of carboxylic acid groups (broad SMARTS) is 1. The van der Waals surface area contributed by atoms with Crippen molar-refractivity contribution in [2.24, 2.45) is 5.92 Å². The summed E-state index contributed by atoms with van der Waals surface area (Å²) >= 11 is 0. The number of carboxylic acids is 1. The van der Waals surface area contributed by atoms with Gasteiger partial charge in [-0.25, -0.2) is 0 Å². The van der Waals surface area contributed by atoms with Crippen molar-refractivity contribution in [2.45, 2.75) is 44.9 Å². The van der Waals surface area contributed by atoms with Crippen LogP contribution in [0.3, 0.4) is 0 Å². The Morgan fingerprint density at radius 3 is 2.68 bits per heavy atom. The summed E-state index contributed by atoms with van der Waals surface area (Å²) in [6, 6.07) is 8.32. The van der Waals surface area contributed by atoms with E-state index in [2.05, 4.69) is 12.1 Å². The molecule has 1 fully saturated rings. The molecule has 0 radical (unpaired) electrons. The highest BCUT2D eigenvalue weighted by Gasteiger charge is 2.24. The minimum absolute atomic E-state index is 0.325. The Labute approximate surface area is 114 Å². The maximum atomic E-state index is 10.7. The third-order valence-corrected chi connectivity index (χ3v) is 3.95. The van der Waals surface area contributed by atoms with Gasteiger partial charge in [0.15, 0.2) is 0 Å². The van der Waals surface area contributed by atoms with Crippen LogP contribution in [0, 0.1) is 5.92 Å². The molecule has 0 saturated heterocycles. The van der Waals surface area contributed by atoms with E-state index in [1.165, 1.54) is 5.56 Å². The van der Waals surface area contributed by atoms with Crippen LogP contribution in [0.1, 0.15) is 50.5 Å². The summed E-state index contributed by atoms with van der Waals surface area (Å²) in [5.74, 6) is 1.20. The number of carbonyl (C=O) groups is 1. The SMILES string of the molecule is CCOc1cccc(C2CCC(CC(=O)O)CC2)c1. The van der Waals surface area contributed by atoms with Crippen molar-refractivity contribution < 1.29 is 14.6 Å². The lowest BCUT2D eigenvalue weighted by Crippen LogP contribution is -2.16. The first-order chi connectivity index (χ1) is 9.19.